The molecule has 0 aromatic carbocycles. The van der Waals surface area contributed by atoms with E-state index in [4.69, 9.17) is 4.74 Å². The SMILES string of the molecule is CC(C)[C@@H]1CC[C@@H](C)C[C@@H]1[S@](=O)C[C@H]1OC(O)[C@H](O)[C@@H](O)[C@H]1O. The highest BCUT2D eigenvalue weighted by atomic mass is 32.2. The van der Waals surface area contributed by atoms with Crippen molar-refractivity contribution < 1.29 is 29.4 Å². The fourth-order valence-corrected chi connectivity index (χ4v) is 6.00. The third-order valence-corrected chi connectivity index (χ3v) is 7.19. The number of rotatable bonds is 4. The molecule has 1 saturated carbocycles. The van der Waals surface area contributed by atoms with E-state index >= 15 is 0 Å². The monoisotopic (exact) mass is 350 g/mol. The Morgan fingerprint density at radius 3 is 2.35 bits per heavy atom. The molecule has 9 atom stereocenters. The first-order valence-electron chi connectivity index (χ1n) is 8.47. The lowest BCUT2D eigenvalue weighted by atomic mass is 9.77. The molecule has 6 nitrogen and oxygen atoms in total. The zero-order chi connectivity index (χ0) is 17.3. The van der Waals surface area contributed by atoms with Crippen LogP contribution in [-0.2, 0) is 15.5 Å². The molecular formula is C16H30O6S. The number of ether oxygens (including phenoxy) is 1. The van der Waals surface area contributed by atoms with Gasteiger partial charge >= 0.3 is 0 Å². The smallest absolute Gasteiger partial charge is 0.183 e. The molecule has 1 saturated heterocycles. The maximum absolute atomic E-state index is 12.9. The minimum Gasteiger partial charge on any atom is -0.388 e. The highest BCUT2D eigenvalue weighted by Crippen LogP contribution is 2.37. The molecule has 1 heterocycles. The minimum atomic E-state index is -1.57. The molecule has 7 heteroatoms. The van der Waals surface area contributed by atoms with E-state index in [1.807, 2.05) is 0 Å². The predicted molar refractivity (Wildman–Crippen MR) is 87.0 cm³/mol. The van der Waals surface area contributed by atoms with Gasteiger partial charge in [0.15, 0.2) is 6.29 Å². The first-order valence-corrected chi connectivity index (χ1v) is 9.85. The molecule has 1 unspecified atom stereocenters. The van der Waals surface area contributed by atoms with Crippen molar-refractivity contribution in [3.05, 3.63) is 0 Å². The number of hydrogen-bond donors (Lipinski definition) is 4. The molecule has 2 rings (SSSR count). The van der Waals surface area contributed by atoms with Gasteiger partial charge in [-0.1, -0.05) is 27.2 Å². The summed E-state index contributed by atoms with van der Waals surface area (Å²) in [6.45, 7) is 6.44. The summed E-state index contributed by atoms with van der Waals surface area (Å²) in [5.74, 6) is 1.39. The fourth-order valence-electron chi connectivity index (χ4n) is 3.77. The maximum atomic E-state index is 12.9. The van der Waals surface area contributed by atoms with E-state index in [9.17, 15) is 24.6 Å². The van der Waals surface area contributed by atoms with E-state index in [-0.39, 0.29) is 11.0 Å². The summed E-state index contributed by atoms with van der Waals surface area (Å²) in [6, 6.07) is 0. The van der Waals surface area contributed by atoms with Gasteiger partial charge in [0.05, 0.1) is 5.75 Å². The quantitative estimate of drug-likeness (QED) is 0.568. The van der Waals surface area contributed by atoms with Crippen molar-refractivity contribution in [3.63, 3.8) is 0 Å². The van der Waals surface area contributed by atoms with Crippen LogP contribution in [0.25, 0.3) is 0 Å². The van der Waals surface area contributed by atoms with Crippen molar-refractivity contribution in [1.82, 2.24) is 0 Å². The Bertz CT molecular complexity index is 417. The molecule has 0 radical (unpaired) electrons. The molecule has 0 aromatic heterocycles. The summed E-state index contributed by atoms with van der Waals surface area (Å²) >= 11 is 0. The maximum Gasteiger partial charge on any atom is 0.183 e. The van der Waals surface area contributed by atoms with Gasteiger partial charge in [0.25, 0.3) is 0 Å². The lowest BCUT2D eigenvalue weighted by Crippen LogP contribution is -2.59. The van der Waals surface area contributed by atoms with E-state index in [0.717, 1.165) is 19.3 Å². The second kappa shape index (κ2) is 7.89. The van der Waals surface area contributed by atoms with Gasteiger partial charge in [-0.15, -0.1) is 0 Å². The molecule has 2 aliphatic rings. The average molecular weight is 350 g/mol. The van der Waals surface area contributed by atoms with Gasteiger partial charge in [-0.2, -0.15) is 0 Å². The second-order valence-corrected chi connectivity index (χ2v) is 9.15. The van der Waals surface area contributed by atoms with Crippen LogP contribution >= 0.6 is 0 Å². The van der Waals surface area contributed by atoms with E-state index in [1.165, 1.54) is 0 Å². The Morgan fingerprint density at radius 1 is 1.09 bits per heavy atom. The van der Waals surface area contributed by atoms with Crippen molar-refractivity contribution in [2.24, 2.45) is 17.8 Å². The van der Waals surface area contributed by atoms with Crippen molar-refractivity contribution in [1.29, 1.82) is 0 Å². The summed E-state index contributed by atoms with van der Waals surface area (Å²) < 4.78 is 18.0. The van der Waals surface area contributed by atoms with Gasteiger partial charge in [-0.25, -0.2) is 0 Å². The van der Waals surface area contributed by atoms with Crippen LogP contribution in [0.2, 0.25) is 0 Å². The van der Waals surface area contributed by atoms with Crippen LogP contribution in [0.15, 0.2) is 0 Å². The zero-order valence-electron chi connectivity index (χ0n) is 14.0. The van der Waals surface area contributed by atoms with Crippen LogP contribution in [0.4, 0.5) is 0 Å². The predicted octanol–water partition coefficient (Wildman–Crippen LogP) is -0.00420. The molecule has 0 amide bonds. The van der Waals surface area contributed by atoms with Gasteiger partial charge in [-0.3, -0.25) is 4.21 Å². The summed E-state index contributed by atoms with van der Waals surface area (Å²) in [5, 5.41) is 38.9. The molecular weight excluding hydrogens is 320 g/mol. The molecule has 2 fully saturated rings. The third-order valence-electron chi connectivity index (χ3n) is 5.31. The van der Waals surface area contributed by atoms with Crippen molar-refractivity contribution in [3.8, 4) is 0 Å². The summed E-state index contributed by atoms with van der Waals surface area (Å²) in [7, 11) is -1.23. The Kier molecular flexibility index (Phi) is 6.61. The molecule has 0 bridgehead atoms. The first-order chi connectivity index (χ1) is 10.7. The van der Waals surface area contributed by atoms with Crippen LogP contribution in [-0.4, -0.2) is 66.3 Å². The van der Waals surface area contributed by atoms with Crippen LogP contribution in [0.1, 0.15) is 40.0 Å². The van der Waals surface area contributed by atoms with E-state index in [0.29, 0.717) is 17.8 Å². The van der Waals surface area contributed by atoms with Crippen molar-refractivity contribution in [2.45, 2.75) is 76.0 Å². The number of hydrogen-bond acceptors (Lipinski definition) is 6. The lowest BCUT2D eigenvalue weighted by Gasteiger charge is -2.40. The average Bonchev–Trinajstić information content (AvgIpc) is 2.50. The van der Waals surface area contributed by atoms with Crippen molar-refractivity contribution in [2.75, 3.05) is 5.75 Å². The summed E-state index contributed by atoms with van der Waals surface area (Å²) in [4.78, 5) is 0. The van der Waals surface area contributed by atoms with Crippen molar-refractivity contribution >= 4 is 10.8 Å². The molecule has 0 spiro atoms. The normalized spacial score (nSPS) is 46.8. The third kappa shape index (κ3) is 4.32. The molecule has 1 aliphatic carbocycles. The fraction of sp³-hybridized carbons (Fsp3) is 1.00. The summed E-state index contributed by atoms with van der Waals surface area (Å²) in [6.07, 6.45) is -3.83. The van der Waals surface area contributed by atoms with Gasteiger partial charge in [0.2, 0.25) is 0 Å². The van der Waals surface area contributed by atoms with Gasteiger partial charge < -0.3 is 25.2 Å². The van der Waals surface area contributed by atoms with Gasteiger partial charge in [0, 0.05) is 16.0 Å². The van der Waals surface area contributed by atoms with E-state index < -0.39 is 41.5 Å². The van der Waals surface area contributed by atoms with Gasteiger partial charge in [-0.05, 0) is 30.6 Å². The lowest BCUT2D eigenvalue weighted by molar-refractivity contribution is -0.276. The Hall–Kier alpha value is -0.0500. The number of aliphatic hydroxyl groups is 4. The topological polar surface area (TPSA) is 107 Å². The molecule has 1 aliphatic heterocycles. The Balaban J connectivity index is 2.04. The van der Waals surface area contributed by atoms with Gasteiger partial charge in [0.1, 0.15) is 24.4 Å². The standard InChI is InChI=1S/C16H30O6S/c1-8(2)10-5-4-9(3)6-12(10)23(21)7-11-13(17)14(18)15(19)16(20)22-11/h8-20H,4-7H2,1-3H3/t9-,10+,11-,12+,13+,14+,15-,16?,23-/m1/s1. The minimum absolute atomic E-state index is 0.0377. The largest absolute Gasteiger partial charge is 0.388 e. The molecule has 23 heavy (non-hydrogen) atoms. The number of aliphatic hydroxyl groups excluding tert-OH is 4. The second-order valence-electron chi connectivity index (χ2n) is 7.45. The Labute approximate surface area is 140 Å². The highest BCUT2D eigenvalue weighted by molar-refractivity contribution is 7.85. The van der Waals surface area contributed by atoms with Crippen LogP contribution < -0.4 is 0 Å². The molecule has 136 valence electrons. The first kappa shape index (κ1) is 19.3. The van der Waals surface area contributed by atoms with Crippen LogP contribution in [0, 0.1) is 17.8 Å². The van der Waals surface area contributed by atoms with Crippen LogP contribution in [0.3, 0.4) is 0 Å². The molecule has 4 N–H and O–H groups in total. The highest BCUT2D eigenvalue weighted by Gasteiger charge is 2.45. The summed E-state index contributed by atoms with van der Waals surface area (Å²) in [5.41, 5.74) is 0. The molecule has 0 aromatic rings. The van der Waals surface area contributed by atoms with E-state index in [1.54, 1.807) is 0 Å². The zero-order valence-corrected chi connectivity index (χ0v) is 14.9. The van der Waals surface area contributed by atoms with E-state index in [2.05, 4.69) is 20.8 Å². The van der Waals surface area contributed by atoms with Crippen LogP contribution in [0.5, 0.6) is 0 Å². The Morgan fingerprint density at radius 2 is 1.74 bits per heavy atom.